The summed E-state index contributed by atoms with van der Waals surface area (Å²) in [6, 6.07) is 13.0. The fourth-order valence-corrected chi connectivity index (χ4v) is 4.26. The summed E-state index contributed by atoms with van der Waals surface area (Å²) in [5.41, 5.74) is 3.81. The molecule has 10 heteroatoms. The third kappa shape index (κ3) is 4.76. The molecule has 2 amide bonds. The molecule has 34 heavy (non-hydrogen) atoms. The molecule has 176 valence electrons. The Bertz CT molecular complexity index is 1240. The van der Waals surface area contributed by atoms with E-state index in [0.29, 0.717) is 36.2 Å². The number of likely N-dealkylation sites (tertiary alicyclic amines) is 1. The van der Waals surface area contributed by atoms with Crippen LogP contribution in [0.2, 0.25) is 0 Å². The summed E-state index contributed by atoms with van der Waals surface area (Å²) in [6.07, 6.45) is 2.62. The van der Waals surface area contributed by atoms with Gasteiger partial charge in [-0.2, -0.15) is 0 Å². The third-order valence-electron chi connectivity index (χ3n) is 5.91. The smallest absolute Gasteiger partial charge is 0.295 e. The van der Waals surface area contributed by atoms with Crippen LogP contribution in [0.4, 0.5) is 8.78 Å². The molecule has 1 aromatic heterocycles. The Balaban J connectivity index is 1.48. The first-order chi connectivity index (χ1) is 16.4. The quantitative estimate of drug-likeness (QED) is 0.281. The van der Waals surface area contributed by atoms with Gasteiger partial charge in [0.25, 0.3) is 12.3 Å². The van der Waals surface area contributed by atoms with Gasteiger partial charge in [-0.25, -0.2) is 19.2 Å². The topological polar surface area (TPSA) is 99.5 Å². The number of carbonyl (C=O) groups is 2. The minimum atomic E-state index is -2.72. The van der Waals surface area contributed by atoms with E-state index in [1.807, 2.05) is 4.90 Å². The van der Waals surface area contributed by atoms with Crippen molar-refractivity contribution in [2.24, 2.45) is 5.92 Å². The van der Waals surface area contributed by atoms with Crippen LogP contribution >= 0.6 is 0 Å². The van der Waals surface area contributed by atoms with Crippen molar-refractivity contribution in [1.29, 1.82) is 0 Å². The molecular formula is C24H23F2N5O3. The second kappa shape index (κ2) is 9.99. The molecule has 0 aliphatic carbocycles. The van der Waals surface area contributed by atoms with Crippen LogP contribution in [0.3, 0.4) is 0 Å². The number of terminal acetylenes is 1. The molecule has 2 atom stereocenters. The van der Waals surface area contributed by atoms with Gasteiger partial charge in [0.2, 0.25) is 5.91 Å². The summed E-state index contributed by atoms with van der Waals surface area (Å²) < 4.78 is 28.5. The van der Waals surface area contributed by atoms with Crippen LogP contribution in [0.15, 0.2) is 48.5 Å². The van der Waals surface area contributed by atoms with Crippen molar-refractivity contribution in [2.75, 3.05) is 19.6 Å². The van der Waals surface area contributed by atoms with Crippen molar-refractivity contribution >= 4 is 22.8 Å². The van der Waals surface area contributed by atoms with Gasteiger partial charge in [0, 0.05) is 25.2 Å². The zero-order valence-electron chi connectivity index (χ0n) is 18.1. The van der Waals surface area contributed by atoms with Crippen LogP contribution in [0.5, 0.6) is 0 Å². The number of hydrogen-bond acceptors (Lipinski definition) is 5. The van der Waals surface area contributed by atoms with Crippen molar-refractivity contribution < 1.29 is 23.6 Å². The van der Waals surface area contributed by atoms with Crippen molar-refractivity contribution in [1.82, 2.24) is 25.2 Å². The second-order valence-corrected chi connectivity index (χ2v) is 8.10. The molecule has 0 spiro atoms. The van der Waals surface area contributed by atoms with Crippen molar-refractivity contribution in [3.63, 3.8) is 0 Å². The highest BCUT2D eigenvalue weighted by Crippen LogP contribution is 2.25. The first-order valence-electron chi connectivity index (χ1n) is 10.6. The van der Waals surface area contributed by atoms with E-state index >= 15 is 0 Å². The van der Waals surface area contributed by atoms with Gasteiger partial charge in [-0.1, -0.05) is 30.2 Å². The Kier molecular flexibility index (Phi) is 6.86. The van der Waals surface area contributed by atoms with Crippen LogP contribution in [-0.2, 0) is 11.3 Å². The van der Waals surface area contributed by atoms with Crippen LogP contribution in [-0.4, -0.2) is 57.1 Å². The summed E-state index contributed by atoms with van der Waals surface area (Å²) in [5.74, 6) is 0.557. The molecule has 4 rings (SSSR count). The maximum atomic E-state index is 13.5. The van der Waals surface area contributed by atoms with Gasteiger partial charge < -0.3 is 9.88 Å². The van der Waals surface area contributed by atoms with Crippen molar-refractivity contribution in [3.8, 4) is 12.3 Å². The van der Waals surface area contributed by atoms with E-state index in [1.54, 1.807) is 54.0 Å². The molecule has 1 fully saturated rings. The molecule has 2 heterocycles. The number of carbonyl (C=O) groups excluding carboxylic acids is 2. The molecule has 0 radical (unpaired) electrons. The van der Waals surface area contributed by atoms with E-state index in [4.69, 9.17) is 11.6 Å². The lowest BCUT2D eigenvalue weighted by molar-refractivity contribution is -0.133. The number of fused-ring (bicyclic) bond motifs is 1. The van der Waals surface area contributed by atoms with E-state index in [1.165, 1.54) is 4.57 Å². The molecule has 0 unspecified atom stereocenters. The number of hydroxylamine groups is 1. The predicted molar refractivity (Wildman–Crippen MR) is 120 cm³/mol. The number of alkyl halides is 2. The Morgan fingerprint density at radius 2 is 1.91 bits per heavy atom. The molecule has 0 saturated carbocycles. The Morgan fingerprint density at radius 1 is 1.18 bits per heavy atom. The zero-order valence-corrected chi connectivity index (χ0v) is 18.1. The maximum absolute atomic E-state index is 13.5. The molecule has 3 N–H and O–H groups in total. The number of para-hydroxylation sites is 2. The summed E-state index contributed by atoms with van der Waals surface area (Å²) in [7, 11) is 0. The zero-order chi connectivity index (χ0) is 24.2. The fourth-order valence-electron chi connectivity index (χ4n) is 4.26. The number of aromatic nitrogens is 2. The highest BCUT2D eigenvalue weighted by molar-refractivity contribution is 5.95. The maximum Gasteiger partial charge on any atom is 0.295 e. The van der Waals surface area contributed by atoms with Gasteiger partial charge in [0.05, 0.1) is 29.5 Å². The minimum absolute atomic E-state index is 0.171. The number of nitrogens with one attached hydrogen (secondary N) is 2. The molecule has 0 bridgehead atoms. The summed E-state index contributed by atoms with van der Waals surface area (Å²) in [4.78, 5) is 30.7. The molecule has 1 aliphatic heterocycles. The van der Waals surface area contributed by atoms with Crippen LogP contribution in [0.1, 0.15) is 28.2 Å². The second-order valence-electron chi connectivity index (χ2n) is 8.10. The Morgan fingerprint density at radius 3 is 2.59 bits per heavy atom. The first-order valence-corrected chi connectivity index (χ1v) is 10.6. The molecule has 3 aromatic rings. The van der Waals surface area contributed by atoms with Gasteiger partial charge in [0.1, 0.15) is 0 Å². The van der Waals surface area contributed by atoms with E-state index in [-0.39, 0.29) is 12.4 Å². The normalized spacial score (nSPS) is 18.2. The van der Waals surface area contributed by atoms with E-state index in [9.17, 15) is 18.4 Å². The van der Waals surface area contributed by atoms with E-state index < -0.39 is 30.2 Å². The van der Waals surface area contributed by atoms with Gasteiger partial charge >= 0.3 is 0 Å². The lowest BCUT2D eigenvalue weighted by Gasteiger charge is -2.18. The minimum Gasteiger partial charge on any atom is -0.347 e. The predicted octanol–water partition coefficient (Wildman–Crippen LogP) is 2.19. The Hall–Kier alpha value is -3.81. The summed E-state index contributed by atoms with van der Waals surface area (Å²) >= 11 is 0. The molecule has 2 aromatic carbocycles. The van der Waals surface area contributed by atoms with Crippen molar-refractivity contribution in [3.05, 3.63) is 65.5 Å². The average Bonchev–Trinajstić information content (AvgIpc) is 3.41. The van der Waals surface area contributed by atoms with E-state index in [0.717, 1.165) is 5.56 Å². The number of benzene rings is 2. The van der Waals surface area contributed by atoms with Gasteiger partial charge in [0.15, 0.2) is 5.82 Å². The largest absolute Gasteiger partial charge is 0.347 e. The lowest BCUT2D eigenvalue weighted by Crippen LogP contribution is -2.45. The lowest BCUT2D eigenvalue weighted by atomic mass is 10.0. The number of halogens is 2. The standard InChI is InChI=1S/C24H23F2N5O3/c1-2-11-30-13-17(24(33)29-34)19(14-30)28-23(32)16-9-7-15(8-10-16)12-31-20-6-4-3-5-18(20)27-22(31)21(25)26/h1,3-10,17,19,21,34H,11-14H2,(H,28,32)(H,29,33)/t17-,19+/m0/s1. The molecular weight excluding hydrogens is 444 g/mol. The van der Waals surface area contributed by atoms with Gasteiger partial charge in [-0.15, -0.1) is 6.42 Å². The molecule has 8 nitrogen and oxygen atoms in total. The van der Waals surface area contributed by atoms with Crippen LogP contribution in [0.25, 0.3) is 11.0 Å². The SMILES string of the molecule is C#CCN1C[C@H](C(=O)NO)[C@H](NC(=O)c2ccc(Cn3c(C(F)F)nc4ccccc43)cc2)C1. The fraction of sp³-hybridized carbons (Fsp3) is 0.292. The van der Waals surface area contributed by atoms with Gasteiger partial charge in [-0.05, 0) is 29.8 Å². The average molecular weight is 467 g/mol. The number of imidazole rings is 1. The number of hydrogen-bond donors (Lipinski definition) is 3. The highest BCUT2D eigenvalue weighted by atomic mass is 19.3. The van der Waals surface area contributed by atoms with Crippen LogP contribution in [0, 0.1) is 18.3 Å². The third-order valence-corrected chi connectivity index (χ3v) is 5.91. The van der Waals surface area contributed by atoms with Crippen LogP contribution < -0.4 is 10.8 Å². The van der Waals surface area contributed by atoms with Gasteiger partial charge in [-0.3, -0.25) is 19.7 Å². The van der Waals surface area contributed by atoms with E-state index in [2.05, 4.69) is 16.2 Å². The Labute approximate surface area is 194 Å². The molecule has 1 saturated heterocycles. The number of amides is 2. The highest BCUT2D eigenvalue weighted by Gasteiger charge is 2.38. The number of rotatable bonds is 7. The summed E-state index contributed by atoms with van der Waals surface area (Å²) in [5, 5.41) is 11.8. The summed E-state index contributed by atoms with van der Waals surface area (Å²) in [6.45, 7) is 1.17. The first kappa shape index (κ1) is 23.4. The monoisotopic (exact) mass is 467 g/mol. The number of nitrogens with zero attached hydrogens (tertiary/aromatic N) is 3. The molecule has 1 aliphatic rings. The van der Waals surface area contributed by atoms with Crippen molar-refractivity contribution in [2.45, 2.75) is 19.0 Å².